The van der Waals surface area contributed by atoms with E-state index in [2.05, 4.69) is 62.0 Å². The Kier molecular flexibility index (Phi) is 5.36. The average molecular weight is 327 g/mol. The van der Waals surface area contributed by atoms with E-state index in [9.17, 15) is 0 Å². The van der Waals surface area contributed by atoms with E-state index >= 15 is 0 Å². The summed E-state index contributed by atoms with van der Waals surface area (Å²) in [5, 5.41) is 1.26. The summed E-state index contributed by atoms with van der Waals surface area (Å²) >= 11 is 0. The summed E-state index contributed by atoms with van der Waals surface area (Å²) in [6.07, 6.45) is 2.56. The van der Waals surface area contributed by atoms with E-state index in [1.807, 2.05) is 0 Å². The van der Waals surface area contributed by atoms with Crippen molar-refractivity contribution in [2.75, 3.05) is 45.2 Å². The minimum absolute atomic E-state index is 0.394. The normalized spacial score (nSPS) is 16.3. The number of rotatable bonds is 5. The van der Waals surface area contributed by atoms with Crippen LogP contribution in [-0.2, 0) is 4.74 Å². The lowest BCUT2D eigenvalue weighted by Crippen LogP contribution is -2.38. The summed E-state index contributed by atoms with van der Waals surface area (Å²) in [6.45, 7) is 8.18. The standard InChI is InChI=1S/C20H29N3O/c1-15-5-6-19-18(13-15)16(2)14-20(21-19)23-9-7-17(8-10-23)24-12-11-22(3)4/h5-6,13-14,17H,7-12H2,1-4H3. The van der Waals surface area contributed by atoms with Crippen molar-refractivity contribution in [1.29, 1.82) is 0 Å². The molecule has 0 N–H and O–H groups in total. The van der Waals surface area contributed by atoms with Gasteiger partial charge in [0.05, 0.1) is 18.2 Å². The predicted octanol–water partition coefficient (Wildman–Crippen LogP) is 3.40. The van der Waals surface area contributed by atoms with Gasteiger partial charge in [-0.05, 0) is 64.5 Å². The fourth-order valence-corrected chi connectivity index (χ4v) is 3.31. The van der Waals surface area contributed by atoms with Crippen molar-refractivity contribution < 1.29 is 4.74 Å². The highest BCUT2D eigenvalue weighted by atomic mass is 16.5. The number of hydrogen-bond donors (Lipinski definition) is 0. The van der Waals surface area contributed by atoms with Gasteiger partial charge in [-0.1, -0.05) is 11.6 Å². The topological polar surface area (TPSA) is 28.6 Å². The molecule has 0 saturated carbocycles. The van der Waals surface area contributed by atoms with Gasteiger partial charge in [0.1, 0.15) is 5.82 Å². The van der Waals surface area contributed by atoms with Gasteiger partial charge in [-0.25, -0.2) is 4.98 Å². The number of benzene rings is 1. The Morgan fingerprint density at radius 2 is 1.92 bits per heavy atom. The Morgan fingerprint density at radius 3 is 2.62 bits per heavy atom. The Morgan fingerprint density at radius 1 is 1.17 bits per heavy atom. The van der Waals surface area contributed by atoms with Crippen molar-refractivity contribution in [3.8, 4) is 0 Å². The van der Waals surface area contributed by atoms with Crippen LogP contribution in [0, 0.1) is 13.8 Å². The molecule has 1 aliphatic rings. The summed E-state index contributed by atoms with van der Waals surface area (Å²) in [5.41, 5.74) is 3.69. The Balaban J connectivity index is 1.64. The third-order valence-corrected chi connectivity index (χ3v) is 4.82. The van der Waals surface area contributed by atoms with Crippen LogP contribution in [0.25, 0.3) is 10.9 Å². The summed E-state index contributed by atoms with van der Waals surface area (Å²) in [7, 11) is 4.17. The van der Waals surface area contributed by atoms with Crippen LogP contribution < -0.4 is 4.90 Å². The van der Waals surface area contributed by atoms with Crippen LogP contribution in [0.1, 0.15) is 24.0 Å². The molecule has 1 saturated heterocycles. The first-order chi connectivity index (χ1) is 11.5. The summed E-state index contributed by atoms with van der Waals surface area (Å²) < 4.78 is 6.00. The fourth-order valence-electron chi connectivity index (χ4n) is 3.31. The zero-order chi connectivity index (χ0) is 17.1. The van der Waals surface area contributed by atoms with Crippen LogP contribution >= 0.6 is 0 Å². The van der Waals surface area contributed by atoms with E-state index in [4.69, 9.17) is 9.72 Å². The molecule has 1 aromatic heterocycles. The van der Waals surface area contributed by atoms with Crippen molar-refractivity contribution in [2.24, 2.45) is 0 Å². The molecule has 0 bridgehead atoms. The monoisotopic (exact) mass is 327 g/mol. The average Bonchev–Trinajstić information content (AvgIpc) is 2.56. The maximum atomic E-state index is 6.00. The van der Waals surface area contributed by atoms with E-state index in [1.54, 1.807) is 0 Å². The largest absolute Gasteiger partial charge is 0.377 e. The molecule has 1 fully saturated rings. The van der Waals surface area contributed by atoms with Crippen LogP contribution in [0.15, 0.2) is 24.3 Å². The van der Waals surface area contributed by atoms with Gasteiger partial charge in [-0.2, -0.15) is 0 Å². The second kappa shape index (κ2) is 7.49. The Hall–Kier alpha value is -1.65. The van der Waals surface area contributed by atoms with Crippen LogP contribution in [0.3, 0.4) is 0 Å². The molecule has 130 valence electrons. The zero-order valence-electron chi connectivity index (χ0n) is 15.4. The highest BCUT2D eigenvalue weighted by Crippen LogP contribution is 2.26. The van der Waals surface area contributed by atoms with Crippen molar-refractivity contribution in [1.82, 2.24) is 9.88 Å². The molecule has 2 heterocycles. The summed E-state index contributed by atoms with van der Waals surface area (Å²) in [4.78, 5) is 9.46. The smallest absolute Gasteiger partial charge is 0.129 e. The predicted molar refractivity (Wildman–Crippen MR) is 101 cm³/mol. The number of anilines is 1. The minimum atomic E-state index is 0.394. The van der Waals surface area contributed by atoms with Gasteiger partial charge >= 0.3 is 0 Å². The number of aryl methyl sites for hydroxylation is 2. The Labute approximate surface area is 145 Å². The van der Waals surface area contributed by atoms with Gasteiger partial charge in [0, 0.05) is 25.0 Å². The van der Waals surface area contributed by atoms with Gasteiger partial charge in [-0.3, -0.25) is 0 Å². The lowest BCUT2D eigenvalue weighted by Gasteiger charge is -2.33. The highest BCUT2D eigenvalue weighted by molar-refractivity contribution is 5.84. The molecule has 0 spiro atoms. The molecule has 1 aliphatic heterocycles. The third kappa shape index (κ3) is 4.05. The number of piperidine rings is 1. The number of ether oxygens (including phenoxy) is 1. The highest BCUT2D eigenvalue weighted by Gasteiger charge is 2.21. The number of aromatic nitrogens is 1. The van der Waals surface area contributed by atoms with Crippen molar-refractivity contribution in [3.05, 3.63) is 35.4 Å². The van der Waals surface area contributed by atoms with Crippen molar-refractivity contribution in [3.63, 3.8) is 0 Å². The maximum absolute atomic E-state index is 6.00. The molecule has 1 aromatic carbocycles. The third-order valence-electron chi connectivity index (χ3n) is 4.82. The second-order valence-electron chi connectivity index (χ2n) is 7.18. The van der Waals surface area contributed by atoms with Gasteiger partial charge in [0.25, 0.3) is 0 Å². The molecule has 2 aromatic rings. The first-order valence-electron chi connectivity index (χ1n) is 8.92. The quantitative estimate of drug-likeness (QED) is 0.841. The molecular formula is C20H29N3O. The molecule has 3 rings (SSSR count). The zero-order valence-corrected chi connectivity index (χ0v) is 15.4. The van der Waals surface area contributed by atoms with Crippen LogP contribution in [-0.4, -0.2) is 56.3 Å². The molecule has 0 unspecified atom stereocenters. The lowest BCUT2D eigenvalue weighted by atomic mass is 10.1. The van der Waals surface area contributed by atoms with Crippen LogP contribution in [0.2, 0.25) is 0 Å². The van der Waals surface area contributed by atoms with E-state index in [0.29, 0.717) is 6.10 Å². The molecular weight excluding hydrogens is 298 g/mol. The SMILES string of the molecule is Cc1ccc2nc(N3CCC(OCCN(C)C)CC3)cc(C)c2c1. The van der Waals surface area contributed by atoms with Crippen molar-refractivity contribution >= 4 is 16.7 Å². The van der Waals surface area contributed by atoms with Gasteiger partial charge in [0.2, 0.25) is 0 Å². The first-order valence-corrected chi connectivity index (χ1v) is 8.92. The van der Waals surface area contributed by atoms with Gasteiger partial charge in [-0.15, -0.1) is 0 Å². The number of nitrogens with zero attached hydrogens (tertiary/aromatic N) is 3. The Bertz CT molecular complexity index is 691. The molecule has 0 amide bonds. The second-order valence-corrected chi connectivity index (χ2v) is 7.18. The molecule has 24 heavy (non-hydrogen) atoms. The van der Waals surface area contributed by atoms with E-state index in [1.165, 1.54) is 16.5 Å². The van der Waals surface area contributed by atoms with Crippen LogP contribution in [0.4, 0.5) is 5.82 Å². The van der Waals surface area contributed by atoms with Gasteiger partial charge < -0.3 is 14.5 Å². The van der Waals surface area contributed by atoms with E-state index in [-0.39, 0.29) is 0 Å². The van der Waals surface area contributed by atoms with E-state index < -0.39 is 0 Å². The van der Waals surface area contributed by atoms with Gasteiger partial charge in [0.15, 0.2) is 0 Å². The summed E-state index contributed by atoms with van der Waals surface area (Å²) in [5.74, 6) is 1.11. The number of hydrogen-bond acceptors (Lipinski definition) is 4. The minimum Gasteiger partial charge on any atom is -0.377 e. The maximum Gasteiger partial charge on any atom is 0.129 e. The lowest BCUT2D eigenvalue weighted by molar-refractivity contribution is 0.0293. The first kappa shape index (κ1) is 17.2. The molecule has 0 radical (unpaired) electrons. The number of likely N-dealkylation sites (N-methyl/N-ethyl adjacent to an activating group) is 1. The van der Waals surface area contributed by atoms with E-state index in [0.717, 1.165) is 50.4 Å². The van der Waals surface area contributed by atoms with Crippen LogP contribution in [0.5, 0.6) is 0 Å². The fraction of sp³-hybridized carbons (Fsp3) is 0.550. The molecule has 4 nitrogen and oxygen atoms in total. The number of fused-ring (bicyclic) bond motifs is 1. The molecule has 0 atom stereocenters. The molecule has 0 aliphatic carbocycles. The summed E-state index contributed by atoms with van der Waals surface area (Å²) in [6, 6.07) is 8.74. The van der Waals surface area contributed by atoms with Crippen molar-refractivity contribution in [2.45, 2.75) is 32.8 Å². The molecule has 4 heteroatoms. The number of pyridine rings is 1.